The Hall–Kier alpha value is -1.77. The van der Waals surface area contributed by atoms with Gasteiger partial charge in [-0.05, 0) is 29.8 Å². The number of hydrogen-bond acceptors (Lipinski definition) is 5. The molecule has 2 aromatic rings. The minimum Gasteiger partial charge on any atom is -0.326 e. The highest BCUT2D eigenvalue weighted by Gasteiger charge is 2.19. The van der Waals surface area contributed by atoms with Gasteiger partial charge in [0.25, 0.3) is 10.0 Å². The molecule has 0 spiro atoms. The molecule has 0 aliphatic rings. The van der Waals surface area contributed by atoms with Gasteiger partial charge < -0.3 is 5.73 Å². The van der Waals surface area contributed by atoms with E-state index in [4.69, 9.17) is 17.3 Å². The van der Waals surface area contributed by atoms with Gasteiger partial charge in [0.15, 0.2) is 5.82 Å². The largest absolute Gasteiger partial charge is 0.326 e. The van der Waals surface area contributed by atoms with Gasteiger partial charge in [-0.25, -0.2) is 12.8 Å². The van der Waals surface area contributed by atoms with Gasteiger partial charge in [0, 0.05) is 12.7 Å². The summed E-state index contributed by atoms with van der Waals surface area (Å²) in [6.45, 7) is -0.0791. The highest BCUT2D eigenvalue weighted by atomic mass is 35.5. The predicted molar refractivity (Wildman–Crippen MR) is 72.1 cm³/mol. The van der Waals surface area contributed by atoms with E-state index in [9.17, 15) is 12.8 Å². The van der Waals surface area contributed by atoms with Crippen molar-refractivity contribution in [3.8, 4) is 0 Å². The fourth-order valence-corrected chi connectivity index (χ4v) is 2.72. The Morgan fingerprint density at radius 1 is 1.40 bits per heavy atom. The SMILES string of the molecule is NCc1cc(S(=O)(=O)Nc2cccnn2)cc(F)c1Cl. The molecule has 1 heterocycles. The van der Waals surface area contributed by atoms with Crippen LogP contribution in [-0.4, -0.2) is 18.6 Å². The van der Waals surface area contributed by atoms with Crippen molar-refractivity contribution in [2.45, 2.75) is 11.4 Å². The summed E-state index contributed by atoms with van der Waals surface area (Å²) in [5, 5.41) is 6.93. The van der Waals surface area contributed by atoms with Gasteiger partial charge in [-0.3, -0.25) is 4.72 Å². The highest BCUT2D eigenvalue weighted by molar-refractivity contribution is 7.92. The molecular weight excluding hydrogens is 307 g/mol. The Morgan fingerprint density at radius 3 is 2.75 bits per heavy atom. The van der Waals surface area contributed by atoms with Crippen LogP contribution in [0.3, 0.4) is 0 Å². The molecule has 6 nitrogen and oxygen atoms in total. The molecule has 1 aromatic heterocycles. The lowest BCUT2D eigenvalue weighted by Gasteiger charge is -2.09. The standard InChI is InChI=1S/C11H10ClFN4O2S/c12-11-7(6-14)4-8(5-9(11)13)20(18,19)17-10-2-1-3-15-16-10/h1-5H,6,14H2,(H,16,17). The van der Waals surface area contributed by atoms with E-state index in [1.54, 1.807) is 0 Å². The monoisotopic (exact) mass is 316 g/mol. The summed E-state index contributed by atoms with van der Waals surface area (Å²) in [5.74, 6) is -0.828. The molecule has 0 atom stereocenters. The smallest absolute Gasteiger partial charge is 0.263 e. The first kappa shape index (κ1) is 14.6. The molecule has 0 radical (unpaired) electrons. The molecule has 1 aromatic carbocycles. The quantitative estimate of drug-likeness (QED) is 0.891. The van der Waals surface area contributed by atoms with Crippen molar-refractivity contribution in [2.75, 3.05) is 4.72 Å². The molecular formula is C11H10ClFN4O2S. The van der Waals surface area contributed by atoms with Crippen LogP contribution in [-0.2, 0) is 16.6 Å². The van der Waals surface area contributed by atoms with Crippen molar-refractivity contribution in [1.29, 1.82) is 0 Å². The third-order valence-corrected chi connectivity index (χ3v) is 4.18. The maximum Gasteiger partial charge on any atom is 0.263 e. The van der Waals surface area contributed by atoms with Gasteiger partial charge in [-0.2, -0.15) is 5.10 Å². The first-order valence-corrected chi connectivity index (χ1v) is 7.28. The first-order chi connectivity index (χ1) is 9.44. The molecule has 3 N–H and O–H groups in total. The second-order valence-corrected chi connectivity index (χ2v) is 5.86. The lowest BCUT2D eigenvalue weighted by molar-refractivity contribution is 0.594. The number of hydrogen-bond donors (Lipinski definition) is 2. The van der Waals surface area contributed by atoms with Crippen LogP contribution < -0.4 is 10.5 Å². The van der Waals surface area contributed by atoms with Gasteiger partial charge in [0.1, 0.15) is 5.82 Å². The van der Waals surface area contributed by atoms with E-state index in [0.29, 0.717) is 0 Å². The van der Waals surface area contributed by atoms with Crippen molar-refractivity contribution in [2.24, 2.45) is 5.73 Å². The average molecular weight is 317 g/mol. The Morgan fingerprint density at radius 2 is 2.15 bits per heavy atom. The van der Waals surface area contributed by atoms with Gasteiger partial charge in [0.05, 0.1) is 9.92 Å². The second-order valence-electron chi connectivity index (χ2n) is 3.80. The number of aromatic nitrogens is 2. The molecule has 0 saturated heterocycles. The zero-order valence-corrected chi connectivity index (χ0v) is 11.6. The highest BCUT2D eigenvalue weighted by Crippen LogP contribution is 2.25. The van der Waals surface area contributed by atoms with Gasteiger partial charge in [-0.15, -0.1) is 5.10 Å². The Bertz CT molecular complexity index is 725. The van der Waals surface area contributed by atoms with E-state index in [1.807, 2.05) is 0 Å². The molecule has 9 heteroatoms. The summed E-state index contributed by atoms with van der Waals surface area (Å²) in [4.78, 5) is -0.287. The van der Waals surface area contributed by atoms with Crippen LogP contribution in [0.4, 0.5) is 10.2 Å². The third kappa shape index (κ3) is 3.03. The van der Waals surface area contributed by atoms with Crippen molar-refractivity contribution in [3.05, 3.63) is 46.9 Å². The van der Waals surface area contributed by atoms with Crippen LogP contribution in [0, 0.1) is 5.82 Å². The number of nitrogens with zero attached hydrogens (tertiary/aromatic N) is 2. The second kappa shape index (κ2) is 5.70. The van der Waals surface area contributed by atoms with Crippen molar-refractivity contribution >= 4 is 27.4 Å². The Labute approximate surface area is 119 Å². The zero-order chi connectivity index (χ0) is 14.8. The maximum absolute atomic E-state index is 13.6. The normalized spacial score (nSPS) is 11.3. The number of nitrogens with two attached hydrogens (primary N) is 1. The third-order valence-electron chi connectivity index (χ3n) is 2.42. The van der Waals surface area contributed by atoms with Crippen LogP contribution in [0.25, 0.3) is 0 Å². The summed E-state index contributed by atoms with van der Waals surface area (Å²) < 4.78 is 40.0. The molecule has 0 saturated carbocycles. The zero-order valence-electron chi connectivity index (χ0n) is 10.0. The van der Waals surface area contributed by atoms with Gasteiger partial charge in [0.2, 0.25) is 0 Å². The van der Waals surface area contributed by atoms with Crippen molar-refractivity contribution in [3.63, 3.8) is 0 Å². The van der Waals surface area contributed by atoms with Crippen LogP contribution in [0.5, 0.6) is 0 Å². The fourth-order valence-electron chi connectivity index (χ4n) is 1.47. The van der Waals surface area contributed by atoms with E-state index in [2.05, 4.69) is 14.9 Å². The van der Waals surface area contributed by atoms with Crippen LogP contribution in [0.15, 0.2) is 35.4 Å². The van der Waals surface area contributed by atoms with E-state index in [-0.39, 0.29) is 27.8 Å². The Kier molecular flexibility index (Phi) is 4.17. The molecule has 20 heavy (non-hydrogen) atoms. The number of halogens is 2. The van der Waals surface area contributed by atoms with Crippen LogP contribution >= 0.6 is 11.6 Å². The summed E-state index contributed by atoms with van der Waals surface area (Å²) in [5.41, 5.74) is 5.60. The van der Waals surface area contributed by atoms with Gasteiger partial charge >= 0.3 is 0 Å². The van der Waals surface area contributed by atoms with E-state index in [0.717, 1.165) is 6.07 Å². The molecule has 0 amide bonds. The first-order valence-electron chi connectivity index (χ1n) is 5.42. The molecule has 0 fully saturated rings. The van der Waals surface area contributed by atoms with E-state index < -0.39 is 15.8 Å². The van der Waals surface area contributed by atoms with Gasteiger partial charge in [-0.1, -0.05) is 11.6 Å². The van der Waals surface area contributed by atoms with E-state index in [1.165, 1.54) is 24.4 Å². The average Bonchev–Trinajstić information content (AvgIpc) is 2.42. The number of anilines is 1. The maximum atomic E-state index is 13.6. The molecule has 0 aliphatic heterocycles. The lowest BCUT2D eigenvalue weighted by Crippen LogP contribution is -2.15. The Balaban J connectivity index is 2.42. The van der Waals surface area contributed by atoms with Crippen LogP contribution in [0.2, 0.25) is 5.02 Å². The molecule has 0 unspecified atom stereocenters. The summed E-state index contributed by atoms with van der Waals surface area (Å²) in [7, 11) is -3.99. The predicted octanol–water partition coefficient (Wildman–Crippen LogP) is 1.53. The van der Waals surface area contributed by atoms with Crippen LogP contribution in [0.1, 0.15) is 5.56 Å². The van der Waals surface area contributed by atoms with Crippen molar-refractivity contribution in [1.82, 2.24) is 10.2 Å². The number of rotatable bonds is 4. The minimum atomic E-state index is -3.99. The topological polar surface area (TPSA) is 98.0 Å². The summed E-state index contributed by atoms with van der Waals surface area (Å²) >= 11 is 5.68. The van der Waals surface area contributed by atoms with E-state index >= 15 is 0 Å². The summed E-state index contributed by atoms with van der Waals surface area (Å²) in [6, 6.07) is 4.96. The molecule has 2 rings (SSSR count). The number of sulfonamides is 1. The number of benzene rings is 1. The minimum absolute atomic E-state index is 0.0251. The molecule has 0 bridgehead atoms. The number of nitrogens with one attached hydrogen (secondary N) is 1. The van der Waals surface area contributed by atoms with Crippen molar-refractivity contribution < 1.29 is 12.8 Å². The molecule has 106 valence electrons. The summed E-state index contributed by atoms with van der Waals surface area (Å²) in [6.07, 6.45) is 1.40. The fraction of sp³-hybridized carbons (Fsp3) is 0.0909. The lowest BCUT2D eigenvalue weighted by atomic mass is 10.2. The molecule has 0 aliphatic carbocycles.